The fourth-order valence-corrected chi connectivity index (χ4v) is 4.45. The predicted molar refractivity (Wildman–Crippen MR) is 106 cm³/mol. The van der Waals surface area contributed by atoms with Crippen molar-refractivity contribution in [1.29, 1.82) is 0 Å². The fourth-order valence-electron chi connectivity index (χ4n) is 2.93. The van der Waals surface area contributed by atoms with Crippen LogP contribution in [-0.2, 0) is 14.8 Å². The number of hydrogen-bond donors (Lipinski definition) is 0. The second-order valence-corrected chi connectivity index (χ2v) is 8.31. The van der Waals surface area contributed by atoms with Gasteiger partial charge in [-0.15, -0.1) is 0 Å². The summed E-state index contributed by atoms with van der Waals surface area (Å²) in [7, 11) is -1.93. The van der Waals surface area contributed by atoms with E-state index in [1.54, 1.807) is 48.7 Å². The lowest BCUT2D eigenvalue weighted by Crippen LogP contribution is -2.27. The summed E-state index contributed by atoms with van der Waals surface area (Å²) in [6.07, 6.45) is 3.44. The maximum Gasteiger partial charge on any atom is 0.308 e. The second-order valence-electron chi connectivity index (χ2n) is 6.37. The van der Waals surface area contributed by atoms with Crippen LogP contribution >= 0.6 is 0 Å². The van der Waals surface area contributed by atoms with Crippen molar-refractivity contribution in [3.8, 4) is 11.5 Å². The van der Waals surface area contributed by atoms with Gasteiger partial charge in [0.1, 0.15) is 0 Å². The standard InChI is InChI=1S/C20H22N2O5S/c1-15(23)27-19-10-5-16(13-20(19)26-2)14-21-17-6-8-18(9-7-17)28(24,25)22-11-3-4-12-22/h5-10,13-14H,3-4,11-12H2,1-2H3. The molecule has 1 aliphatic heterocycles. The number of methoxy groups -OCH3 is 1. The number of carbonyl (C=O) groups excluding carboxylic acids is 1. The molecule has 0 atom stereocenters. The van der Waals surface area contributed by atoms with Gasteiger partial charge in [-0.1, -0.05) is 0 Å². The summed E-state index contributed by atoms with van der Waals surface area (Å²) in [4.78, 5) is 15.8. The number of esters is 1. The zero-order valence-corrected chi connectivity index (χ0v) is 16.6. The highest BCUT2D eigenvalue weighted by Gasteiger charge is 2.26. The van der Waals surface area contributed by atoms with Crippen molar-refractivity contribution in [1.82, 2.24) is 4.31 Å². The molecule has 0 amide bonds. The monoisotopic (exact) mass is 402 g/mol. The summed E-state index contributed by atoms with van der Waals surface area (Å²) in [5.74, 6) is 0.332. The first-order valence-corrected chi connectivity index (χ1v) is 10.3. The Balaban J connectivity index is 1.75. The molecule has 0 bridgehead atoms. The number of hydrogen-bond acceptors (Lipinski definition) is 6. The molecule has 2 aromatic carbocycles. The van der Waals surface area contributed by atoms with E-state index in [9.17, 15) is 13.2 Å². The van der Waals surface area contributed by atoms with Crippen LogP contribution in [0.25, 0.3) is 0 Å². The fraction of sp³-hybridized carbons (Fsp3) is 0.300. The van der Waals surface area contributed by atoms with Crippen molar-refractivity contribution in [2.45, 2.75) is 24.7 Å². The molecule has 1 aliphatic rings. The minimum atomic E-state index is -3.42. The van der Waals surface area contributed by atoms with E-state index in [0.717, 1.165) is 18.4 Å². The van der Waals surface area contributed by atoms with Gasteiger partial charge in [0.05, 0.1) is 17.7 Å². The van der Waals surface area contributed by atoms with Crippen LogP contribution in [0.3, 0.4) is 0 Å². The lowest BCUT2D eigenvalue weighted by Gasteiger charge is -2.15. The first-order valence-electron chi connectivity index (χ1n) is 8.91. The third kappa shape index (κ3) is 4.58. The summed E-state index contributed by atoms with van der Waals surface area (Å²) >= 11 is 0. The minimum Gasteiger partial charge on any atom is -0.493 e. The number of benzene rings is 2. The first kappa shape index (κ1) is 20.0. The number of carbonyl (C=O) groups is 1. The van der Waals surface area contributed by atoms with Gasteiger partial charge in [0.15, 0.2) is 11.5 Å². The van der Waals surface area contributed by atoms with E-state index >= 15 is 0 Å². The summed E-state index contributed by atoms with van der Waals surface area (Å²) < 4.78 is 36.9. The minimum absolute atomic E-state index is 0.278. The molecule has 0 spiro atoms. The topological polar surface area (TPSA) is 85.3 Å². The summed E-state index contributed by atoms with van der Waals surface area (Å²) in [6.45, 7) is 2.48. The van der Waals surface area contributed by atoms with Crippen LogP contribution in [0.15, 0.2) is 52.4 Å². The third-order valence-electron chi connectivity index (χ3n) is 4.34. The Morgan fingerprint density at radius 1 is 1.07 bits per heavy atom. The summed E-state index contributed by atoms with van der Waals surface area (Å²) in [6, 6.07) is 11.6. The van der Waals surface area contributed by atoms with E-state index in [0.29, 0.717) is 30.3 Å². The van der Waals surface area contributed by atoms with Gasteiger partial charge in [-0.05, 0) is 60.9 Å². The van der Waals surface area contributed by atoms with Crippen LogP contribution in [0.5, 0.6) is 11.5 Å². The molecule has 0 unspecified atom stereocenters. The van der Waals surface area contributed by atoms with E-state index in [2.05, 4.69) is 4.99 Å². The lowest BCUT2D eigenvalue weighted by atomic mass is 10.2. The van der Waals surface area contributed by atoms with Crippen molar-refractivity contribution in [2.24, 2.45) is 4.99 Å². The van der Waals surface area contributed by atoms with Gasteiger partial charge in [0.2, 0.25) is 10.0 Å². The Labute approximate surface area is 164 Å². The normalized spacial score (nSPS) is 15.1. The molecule has 0 aliphatic carbocycles. The molecule has 148 valence electrons. The van der Waals surface area contributed by atoms with E-state index in [1.807, 2.05) is 0 Å². The van der Waals surface area contributed by atoms with Crippen molar-refractivity contribution in [2.75, 3.05) is 20.2 Å². The van der Waals surface area contributed by atoms with Gasteiger partial charge in [-0.3, -0.25) is 9.79 Å². The van der Waals surface area contributed by atoms with E-state index < -0.39 is 16.0 Å². The third-order valence-corrected chi connectivity index (χ3v) is 6.26. The number of rotatable bonds is 6. The van der Waals surface area contributed by atoms with Gasteiger partial charge in [-0.2, -0.15) is 4.31 Å². The summed E-state index contributed by atoms with van der Waals surface area (Å²) in [5, 5.41) is 0. The number of aliphatic imine (C=N–C) groups is 1. The number of ether oxygens (including phenoxy) is 2. The zero-order valence-electron chi connectivity index (χ0n) is 15.8. The van der Waals surface area contributed by atoms with Gasteiger partial charge in [-0.25, -0.2) is 8.42 Å². The highest BCUT2D eigenvalue weighted by atomic mass is 32.2. The number of nitrogens with zero attached hydrogens (tertiary/aromatic N) is 2. The molecular weight excluding hydrogens is 380 g/mol. The Kier molecular flexibility index (Phi) is 6.11. The molecule has 0 saturated carbocycles. The molecule has 0 aromatic heterocycles. The Morgan fingerprint density at radius 2 is 1.75 bits per heavy atom. The van der Waals surface area contributed by atoms with E-state index in [-0.39, 0.29) is 4.90 Å². The average molecular weight is 402 g/mol. The number of sulfonamides is 1. The van der Waals surface area contributed by atoms with Crippen molar-refractivity contribution < 1.29 is 22.7 Å². The molecule has 2 aromatic rings. The van der Waals surface area contributed by atoms with Crippen LogP contribution in [-0.4, -0.2) is 45.1 Å². The molecule has 1 heterocycles. The summed E-state index contributed by atoms with van der Waals surface area (Å²) in [5.41, 5.74) is 1.38. The first-order chi connectivity index (χ1) is 13.4. The highest BCUT2D eigenvalue weighted by Crippen LogP contribution is 2.28. The Bertz CT molecular complexity index is 978. The maximum atomic E-state index is 12.5. The Hall–Kier alpha value is -2.71. The maximum absolute atomic E-state index is 12.5. The molecule has 3 rings (SSSR count). The van der Waals surface area contributed by atoms with Gasteiger partial charge in [0.25, 0.3) is 0 Å². The highest BCUT2D eigenvalue weighted by molar-refractivity contribution is 7.89. The van der Waals surface area contributed by atoms with Crippen LogP contribution in [0.4, 0.5) is 5.69 Å². The molecule has 0 N–H and O–H groups in total. The quantitative estimate of drug-likeness (QED) is 0.421. The molecule has 0 radical (unpaired) electrons. The second kappa shape index (κ2) is 8.53. The van der Waals surface area contributed by atoms with Crippen LogP contribution in [0.1, 0.15) is 25.3 Å². The lowest BCUT2D eigenvalue weighted by molar-refractivity contribution is -0.132. The van der Waals surface area contributed by atoms with Crippen molar-refractivity contribution in [3.05, 3.63) is 48.0 Å². The molecule has 1 saturated heterocycles. The van der Waals surface area contributed by atoms with Gasteiger partial charge < -0.3 is 9.47 Å². The predicted octanol–water partition coefficient (Wildman–Crippen LogP) is 3.16. The van der Waals surface area contributed by atoms with Crippen LogP contribution in [0, 0.1) is 0 Å². The SMILES string of the molecule is COc1cc(C=Nc2ccc(S(=O)(=O)N3CCCC3)cc2)ccc1OC(C)=O. The van der Waals surface area contributed by atoms with E-state index in [1.165, 1.54) is 18.3 Å². The smallest absolute Gasteiger partial charge is 0.308 e. The average Bonchev–Trinajstić information content (AvgIpc) is 3.23. The molecule has 1 fully saturated rings. The largest absolute Gasteiger partial charge is 0.493 e. The van der Waals surface area contributed by atoms with Crippen LogP contribution in [0.2, 0.25) is 0 Å². The molecule has 8 heteroatoms. The van der Waals surface area contributed by atoms with Gasteiger partial charge in [0, 0.05) is 26.2 Å². The molecular formula is C20H22N2O5S. The van der Waals surface area contributed by atoms with Crippen LogP contribution < -0.4 is 9.47 Å². The van der Waals surface area contributed by atoms with Gasteiger partial charge >= 0.3 is 5.97 Å². The zero-order chi connectivity index (χ0) is 20.1. The Morgan fingerprint density at radius 3 is 2.36 bits per heavy atom. The van der Waals surface area contributed by atoms with Crippen molar-refractivity contribution in [3.63, 3.8) is 0 Å². The molecule has 7 nitrogen and oxygen atoms in total. The van der Waals surface area contributed by atoms with Crippen molar-refractivity contribution >= 4 is 27.9 Å². The van der Waals surface area contributed by atoms with E-state index in [4.69, 9.17) is 9.47 Å². The molecule has 28 heavy (non-hydrogen) atoms.